The number of hydrogen-bond donors (Lipinski definition) is 2. The van der Waals surface area contributed by atoms with Crippen LogP contribution in [0.25, 0.3) is 11.1 Å². The molecule has 4 rings (SSSR count). The van der Waals surface area contributed by atoms with Gasteiger partial charge in [0.2, 0.25) is 5.91 Å². The number of rotatable bonds is 3. The van der Waals surface area contributed by atoms with E-state index in [4.69, 9.17) is 10.7 Å². The van der Waals surface area contributed by atoms with Gasteiger partial charge in [0.15, 0.2) is 5.96 Å². The Morgan fingerprint density at radius 3 is 2.79 bits per heavy atom. The third kappa shape index (κ3) is 3.43. The van der Waals surface area contributed by atoms with Gasteiger partial charge in [0, 0.05) is 11.9 Å². The summed E-state index contributed by atoms with van der Waals surface area (Å²) >= 11 is 1.60. The van der Waals surface area contributed by atoms with Crippen LogP contribution in [0.4, 0.5) is 0 Å². The molecular weight excluding hydrogens is 382 g/mol. The topological polar surface area (TPSA) is 94.5 Å². The molecule has 29 heavy (non-hydrogen) atoms. The van der Waals surface area contributed by atoms with E-state index in [1.165, 1.54) is 4.90 Å². The molecule has 2 aliphatic heterocycles. The summed E-state index contributed by atoms with van der Waals surface area (Å²) in [6, 6.07) is 11.9. The van der Waals surface area contributed by atoms with Crippen molar-refractivity contribution >= 4 is 23.2 Å². The number of nitrogens with one attached hydrogen (secondary N) is 1. The molecule has 1 saturated heterocycles. The predicted molar refractivity (Wildman–Crippen MR) is 115 cm³/mol. The van der Waals surface area contributed by atoms with Gasteiger partial charge in [-0.1, -0.05) is 12.1 Å². The predicted octanol–water partition coefficient (Wildman–Crippen LogP) is 2.90. The first kappa shape index (κ1) is 19.6. The van der Waals surface area contributed by atoms with Crippen molar-refractivity contribution < 1.29 is 4.79 Å². The first-order valence-electron chi connectivity index (χ1n) is 9.87. The van der Waals surface area contributed by atoms with Crippen molar-refractivity contribution in [3.63, 3.8) is 0 Å². The summed E-state index contributed by atoms with van der Waals surface area (Å²) in [5, 5.41) is 14.7. The highest BCUT2D eigenvalue weighted by atomic mass is 32.1. The summed E-state index contributed by atoms with van der Waals surface area (Å²) in [6.07, 6.45) is 1.91. The van der Waals surface area contributed by atoms with Crippen molar-refractivity contribution in [3.8, 4) is 17.2 Å². The summed E-state index contributed by atoms with van der Waals surface area (Å²) in [4.78, 5) is 20.7. The fraction of sp³-hybridized carbons (Fsp3) is 0.409. The molecule has 6 nitrogen and oxygen atoms in total. The van der Waals surface area contributed by atoms with Crippen molar-refractivity contribution in [3.05, 3.63) is 46.2 Å². The molecule has 1 amide bonds. The number of carbonyl (C=O) groups excluding carboxylic acids is 1. The smallest absolute Gasteiger partial charge is 0.235 e. The van der Waals surface area contributed by atoms with Crippen LogP contribution in [-0.2, 0) is 10.3 Å². The number of guanidine groups is 1. The molecular formula is C22H25N5OS. The van der Waals surface area contributed by atoms with Crippen molar-refractivity contribution in [2.75, 3.05) is 20.1 Å². The van der Waals surface area contributed by atoms with Crippen molar-refractivity contribution in [2.45, 2.75) is 25.3 Å². The average molecular weight is 408 g/mol. The lowest BCUT2D eigenvalue weighted by atomic mass is 9.71. The maximum Gasteiger partial charge on any atom is 0.235 e. The molecule has 150 valence electrons. The second-order valence-corrected chi connectivity index (χ2v) is 8.88. The number of nitrogens with two attached hydrogens (primary N) is 1. The molecule has 3 N–H and O–H groups in total. The zero-order valence-corrected chi connectivity index (χ0v) is 17.5. The average Bonchev–Trinajstić information content (AvgIpc) is 3.24. The van der Waals surface area contributed by atoms with Crippen LogP contribution >= 0.6 is 11.3 Å². The molecule has 0 bridgehead atoms. The maximum atomic E-state index is 13.3. The first-order chi connectivity index (χ1) is 13.9. The van der Waals surface area contributed by atoms with Crippen LogP contribution < -0.4 is 11.1 Å². The lowest BCUT2D eigenvalue weighted by molar-refractivity contribution is -0.137. The van der Waals surface area contributed by atoms with Crippen LogP contribution in [0.15, 0.2) is 40.7 Å². The normalized spacial score (nSPS) is 25.6. The largest absolute Gasteiger partial charge is 0.369 e. The monoisotopic (exact) mass is 407 g/mol. The van der Waals surface area contributed by atoms with Gasteiger partial charge in [-0.05, 0) is 73.5 Å². The molecule has 0 spiro atoms. The van der Waals surface area contributed by atoms with E-state index < -0.39 is 5.54 Å². The minimum absolute atomic E-state index is 0.0494. The Kier molecular flexibility index (Phi) is 5.15. The van der Waals surface area contributed by atoms with E-state index in [2.05, 4.69) is 22.8 Å². The zero-order chi connectivity index (χ0) is 20.6. The Labute approximate surface area is 175 Å². The van der Waals surface area contributed by atoms with Gasteiger partial charge in [0.25, 0.3) is 0 Å². The van der Waals surface area contributed by atoms with Crippen molar-refractivity contribution in [1.82, 2.24) is 10.2 Å². The van der Waals surface area contributed by atoms with E-state index in [0.717, 1.165) is 41.9 Å². The minimum atomic E-state index is -0.689. The Morgan fingerprint density at radius 1 is 1.31 bits per heavy atom. The lowest BCUT2D eigenvalue weighted by Crippen LogP contribution is -2.56. The van der Waals surface area contributed by atoms with Gasteiger partial charge in [-0.15, -0.1) is 11.3 Å². The molecule has 0 radical (unpaired) electrons. The number of thiophene rings is 1. The lowest BCUT2D eigenvalue weighted by Gasteiger charge is -2.44. The number of benzene rings is 1. The highest BCUT2D eigenvalue weighted by molar-refractivity contribution is 7.10. The quantitative estimate of drug-likeness (QED) is 0.818. The van der Waals surface area contributed by atoms with Crippen LogP contribution in [0, 0.1) is 23.2 Å². The third-order valence-electron chi connectivity index (χ3n) is 6.17. The van der Waals surface area contributed by atoms with Gasteiger partial charge in [-0.3, -0.25) is 9.69 Å². The van der Waals surface area contributed by atoms with Crippen molar-refractivity contribution in [2.24, 2.45) is 22.6 Å². The Balaban J connectivity index is 1.77. The van der Waals surface area contributed by atoms with Gasteiger partial charge in [0.1, 0.15) is 5.54 Å². The van der Waals surface area contributed by atoms with E-state index in [9.17, 15) is 10.1 Å². The molecule has 1 fully saturated rings. The molecule has 2 aromatic rings. The number of hydrogen-bond acceptors (Lipinski definition) is 6. The maximum absolute atomic E-state index is 13.3. The Hall–Kier alpha value is -2.69. The fourth-order valence-corrected chi connectivity index (χ4v) is 5.58. The van der Waals surface area contributed by atoms with E-state index in [-0.39, 0.29) is 23.7 Å². The summed E-state index contributed by atoms with van der Waals surface area (Å²) in [6.45, 7) is 3.88. The molecule has 0 saturated carbocycles. The van der Waals surface area contributed by atoms with Crippen LogP contribution in [0.3, 0.4) is 0 Å². The summed E-state index contributed by atoms with van der Waals surface area (Å²) < 4.78 is 0. The van der Waals surface area contributed by atoms with Crippen LogP contribution in [-0.4, -0.2) is 36.9 Å². The number of piperidine rings is 1. The zero-order valence-electron chi connectivity index (χ0n) is 16.7. The Morgan fingerprint density at radius 2 is 2.07 bits per heavy atom. The highest BCUT2D eigenvalue weighted by Gasteiger charge is 2.50. The van der Waals surface area contributed by atoms with Crippen molar-refractivity contribution in [1.29, 1.82) is 5.26 Å². The second kappa shape index (κ2) is 7.62. The Bertz CT molecular complexity index is 1000. The summed E-state index contributed by atoms with van der Waals surface area (Å²) in [5.74, 6) is 0.344. The highest BCUT2D eigenvalue weighted by Crippen LogP contribution is 2.47. The molecule has 1 unspecified atom stereocenters. The van der Waals surface area contributed by atoms with E-state index in [1.54, 1.807) is 24.5 Å². The van der Waals surface area contributed by atoms with Crippen LogP contribution in [0.2, 0.25) is 0 Å². The van der Waals surface area contributed by atoms with E-state index in [0.29, 0.717) is 5.56 Å². The summed E-state index contributed by atoms with van der Waals surface area (Å²) in [5.41, 5.74) is 8.11. The molecule has 1 aromatic heterocycles. The molecule has 7 heteroatoms. The van der Waals surface area contributed by atoms with Gasteiger partial charge in [0.05, 0.1) is 17.6 Å². The van der Waals surface area contributed by atoms with Gasteiger partial charge < -0.3 is 11.1 Å². The number of nitriles is 1. The molecule has 2 aliphatic rings. The van der Waals surface area contributed by atoms with Gasteiger partial charge in [-0.25, -0.2) is 4.99 Å². The first-order valence-corrected chi connectivity index (χ1v) is 10.7. The fourth-order valence-electron chi connectivity index (χ4n) is 4.51. The SMILES string of the molecule is CN1C(=O)[C@H](C2CCNCC2)C(C)(c2cc(-c3cccc(C#N)c3)cs2)N=C1N. The standard InChI is InChI=1S/C22H25N5OS/c1-22(18-11-17(13-29-18)16-5-3-4-14(10-16)12-23)19(15-6-8-25-9-7-15)20(28)27(2)21(24)26-22/h3-5,10-11,13,15,19,25H,6-9H2,1-2H3,(H2,24,26)/t19-,22?/m0/s1. The van der Waals surface area contributed by atoms with Crippen LogP contribution in [0.5, 0.6) is 0 Å². The molecule has 2 atom stereocenters. The third-order valence-corrected chi connectivity index (χ3v) is 7.33. The number of aliphatic imine (C=N–C) groups is 1. The number of amides is 1. The van der Waals surface area contributed by atoms with Crippen LogP contribution in [0.1, 0.15) is 30.2 Å². The second-order valence-electron chi connectivity index (χ2n) is 7.97. The number of carbonyl (C=O) groups is 1. The molecule has 3 heterocycles. The van der Waals surface area contributed by atoms with E-state index >= 15 is 0 Å². The van der Waals surface area contributed by atoms with Gasteiger partial charge >= 0.3 is 0 Å². The number of nitrogens with zero attached hydrogens (tertiary/aromatic N) is 3. The minimum Gasteiger partial charge on any atom is -0.369 e. The summed E-state index contributed by atoms with van der Waals surface area (Å²) in [7, 11) is 1.71. The van der Waals surface area contributed by atoms with Gasteiger partial charge in [-0.2, -0.15) is 5.26 Å². The van der Waals surface area contributed by atoms with E-state index in [1.807, 2.05) is 25.1 Å². The molecule has 1 aromatic carbocycles. The molecule has 0 aliphatic carbocycles.